The van der Waals surface area contributed by atoms with E-state index in [-0.39, 0.29) is 29.9 Å². The summed E-state index contributed by atoms with van der Waals surface area (Å²) in [5.41, 5.74) is 1.02. The Kier molecular flexibility index (Phi) is 8.01. The highest BCUT2D eigenvalue weighted by Crippen LogP contribution is 2.10. The average Bonchev–Trinajstić information content (AvgIpc) is 3.14. The number of amides is 1. The van der Waals surface area contributed by atoms with Crippen molar-refractivity contribution in [2.75, 3.05) is 32.7 Å². The fourth-order valence-corrected chi connectivity index (χ4v) is 2.98. The van der Waals surface area contributed by atoms with E-state index in [9.17, 15) is 4.79 Å². The van der Waals surface area contributed by atoms with Gasteiger partial charge in [-0.1, -0.05) is 18.2 Å². The Bertz CT molecular complexity index is 754. The minimum absolute atomic E-state index is 0. The van der Waals surface area contributed by atoms with E-state index in [1.54, 1.807) is 13.3 Å². The van der Waals surface area contributed by atoms with Crippen LogP contribution in [0.1, 0.15) is 19.7 Å². The zero-order valence-corrected chi connectivity index (χ0v) is 18.0. The first-order valence-electron chi connectivity index (χ1n) is 8.92. The van der Waals surface area contributed by atoms with E-state index in [4.69, 9.17) is 4.99 Å². The van der Waals surface area contributed by atoms with Gasteiger partial charge in [0.1, 0.15) is 12.9 Å². The second kappa shape index (κ2) is 10.2. The third-order valence-electron chi connectivity index (χ3n) is 4.38. The van der Waals surface area contributed by atoms with E-state index >= 15 is 0 Å². The Hall–Kier alpha value is -2.17. The Balaban J connectivity index is 0.00000261. The van der Waals surface area contributed by atoms with Crippen LogP contribution in [0, 0.1) is 0 Å². The van der Waals surface area contributed by atoms with Gasteiger partial charge >= 0.3 is 0 Å². The van der Waals surface area contributed by atoms with E-state index in [1.807, 2.05) is 46.7 Å². The molecule has 0 saturated carbocycles. The maximum absolute atomic E-state index is 11.5. The van der Waals surface area contributed by atoms with E-state index in [0.717, 1.165) is 50.2 Å². The predicted molar refractivity (Wildman–Crippen MR) is 115 cm³/mol. The lowest BCUT2D eigenvalue weighted by Crippen LogP contribution is -2.53. The number of hydrogen-bond acceptors (Lipinski definition) is 4. The van der Waals surface area contributed by atoms with Gasteiger partial charge in [-0.3, -0.25) is 9.36 Å². The molecule has 27 heavy (non-hydrogen) atoms. The Morgan fingerprint density at radius 2 is 1.81 bits per heavy atom. The smallest absolute Gasteiger partial charge is 0.219 e. The second-order valence-corrected chi connectivity index (χ2v) is 6.12. The summed E-state index contributed by atoms with van der Waals surface area (Å²) in [5, 5.41) is 11.6. The van der Waals surface area contributed by atoms with Crippen molar-refractivity contribution in [2.45, 2.75) is 20.4 Å². The van der Waals surface area contributed by atoms with Crippen molar-refractivity contribution in [1.29, 1.82) is 0 Å². The maximum Gasteiger partial charge on any atom is 0.219 e. The molecule has 146 valence electrons. The summed E-state index contributed by atoms with van der Waals surface area (Å²) in [4.78, 5) is 20.3. The molecule has 0 radical (unpaired) electrons. The molecule has 1 aliphatic rings. The summed E-state index contributed by atoms with van der Waals surface area (Å²) in [6.45, 7) is 7.88. The van der Waals surface area contributed by atoms with Gasteiger partial charge in [-0.25, -0.2) is 4.99 Å². The number of nitrogens with zero attached hydrogens (tertiary/aromatic N) is 6. The molecule has 9 heteroatoms. The SMILES string of the molecule is CCNC(=NCc1nncn1-c1ccccc1)N1CCN(C(C)=O)CC1.I. The number of piperazine rings is 1. The van der Waals surface area contributed by atoms with Gasteiger partial charge in [0.05, 0.1) is 0 Å². The number of para-hydroxylation sites is 1. The van der Waals surface area contributed by atoms with Gasteiger partial charge in [0, 0.05) is 45.3 Å². The summed E-state index contributed by atoms with van der Waals surface area (Å²) in [6.07, 6.45) is 1.71. The van der Waals surface area contributed by atoms with Gasteiger partial charge in [0.25, 0.3) is 0 Å². The number of aliphatic imine (C=N–C) groups is 1. The second-order valence-electron chi connectivity index (χ2n) is 6.12. The van der Waals surface area contributed by atoms with Crippen molar-refractivity contribution in [2.24, 2.45) is 4.99 Å². The van der Waals surface area contributed by atoms with Crippen molar-refractivity contribution >= 4 is 35.8 Å². The minimum Gasteiger partial charge on any atom is -0.357 e. The van der Waals surface area contributed by atoms with Gasteiger partial charge in [0.15, 0.2) is 11.8 Å². The third-order valence-corrected chi connectivity index (χ3v) is 4.38. The summed E-state index contributed by atoms with van der Waals surface area (Å²) in [5.74, 6) is 1.76. The van der Waals surface area contributed by atoms with Gasteiger partial charge in [-0.05, 0) is 19.1 Å². The lowest BCUT2D eigenvalue weighted by Gasteiger charge is -2.36. The molecule has 0 unspecified atom stereocenters. The van der Waals surface area contributed by atoms with Crippen molar-refractivity contribution in [3.8, 4) is 5.69 Å². The highest BCUT2D eigenvalue weighted by molar-refractivity contribution is 14.0. The molecule has 2 aromatic rings. The molecule has 1 aromatic heterocycles. The number of guanidine groups is 1. The van der Waals surface area contributed by atoms with Crippen LogP contribution in [-0.4, -0.2) is 69.2 Å². The molecule has 1 amide bonds. The largest absolute Gasteiger partial charge is 0.357 e. The number of carbonyl (C=O) groups is 1. The van der Waals surface area contributed by atoms with Crippen LogP contribution in [0.4, 0.5) is 0 Å². The molecule has 1 saturated heterocycles. The topological polar surface area (TPSA) is 78.7 Å². The highest BCUT2D eigenvalue weighted by Gasteiger charge is 2.21. The van der Waals surface area contributed by atoms with Gasteiger partial charge in [0.2, 0.25) is 5.91 Å². The summed E-state index contributed by atoms with van der Waals surface area (Å²) in [6, 6.07) is 9.99. The van der Waals surface area contributed by atoms with Crippen LogP contribution in [0.3, 0.4) is 0 Å². The molecule has 0 atom stereocenters. The molecule has 3 rings (SSSR count). The molecular weight excluding hydrogens is 457 g/mol. The van der Waals surface area contributed by atoms with Crippen LogP contribution in [-0.2, 0) is 11.3 Å². The zero-order chi connectivity index (χ0) is 18.4. The molecule has 0 bridgehead atoms. The van der Waals surface area contributed by atoms with Crippen molar-refractivity contribution < 1.29 is 4.79 Å². The van der Waals surface area contributed by atoms with Crippen LogP contribution in [0.5, 0.6) is 0 Å². The van der Waals surface area contributed by atoms with Gasteiger partial charge in [-0.2, -0.15) is 0 Å². The number of aromatic nitrogens is 3. The molecule has 1 fully saturated rings. The number of benzene rings is 1. The van der Waals surface area contributed by atoms with E-state index in [0.29, 0.717) is 6.54 Å². The molecular formula is C18H26IN7O. The molecule has 0 aliphatic carbocycles. The summed E-state index contributed by atoms with van der Waals surface area (Å²) < 4.78 is 1.95. The van der Waals surface area contributed by atoms with E-state index < -0.39 is 0 Å². The number of halogens is 1. The first-order valence-corrected chi connectivity index (χ1v) is 8.92. The highest BCUT2D eigenvalue weighted by atomic mass is 127. The van der Waals surface area contributed by atoms with Crippen LogP contribution < -0.4 is 5.32 Å². The number of carbonyl (C=O) groups excluding carboxylic acids is 1. The standard InChI is InChI=1S/C18H25N7O.HI/c1-3-19-18(24-11-9-23(10-12-24)15(2)26)20-13-17-22-21-14-25(17)16-7-5-4-6-8-16;/h4-8,14H,3,9-13H2,1-2H3,(H,19,20);1H. The normalized spacial score (nSPS) is 14.7. The van der Waals surface area contributed by atoms with Gasteiger partial charge < -0.3 is 15.1 Å². The average molecular weight is 483 g/mol. The molecule has 8 nitrogen and oxygen atoms in total. The summed E-state index contributed by atoms with van der Waals surface area (Å²) >= 11 is 0. The predicted octanol–water partition coefficient (Wildman–Crippen LogP) is 1.51. The first kappa shape index (κ1) is 21.1. The van der Waals surface area contributed by atoms with Crippen molar-refractivity contribution in [3.05, 3.63) is 42.5 Å². The Labute approximate surface area is 176 Å². The van der Waals surface area contributed by atoms with Crippen LogP contribution in [0.25, 0.3) is 5.69 Å². The van der Waals surface area contributed by atoms with Crippen LogP contribution in [0.15, 0.2) is 41.7 Å². The fourth-order valence-electron chi connectivity index (χ4n) is 2.98. The van der Waals surface area contributed by atoms with E-state index in [2.05, 4.69) is 20.4 Å². The Morgan fingerprint density at radius 3 is 2.44 bits per heavy atom. The Morgan fingerprint density at radius 1 is 1.15 bits per heavy atom. The maximum atomic E-state index is 11.5. The van der Waals surface area contributed by atoms with Crippen LogP contribution >= 0.6 is 24.0 Å². The molecule has 1 aromatic carbocycles. The molecule has 0 spiro atoms. The third kappa shape index (κ3) is 5.41. The monoisotopic (exact) mass is 483 g/mol. The number of rotatable bonds is 4. The molecule has 1 N–H and O–H groups in total. The van der Waals surface area contributed by atoms with Gasteiger partial charge in [-0.15, -0.1) is 34.2 Å². The van der Waals surface area contributed by atoms with E-state index in [1.165, 1.54) is 0 Å². The zero-order valence-electron chi connectivity index (χ0n) is 15.7. The lowest BCUT2D eigenvalue weighted by molar-refractivity contribution is -0.130. The van der Waals surface area contributed by atoms with Crippen LogP contribution in [0.2, 0.25) is 0 Å². The summed E-state index contributed by atoms with van der Waals surface area (Å²) in [7, 11) is 0. The number of nitrogens with one attached hydrogen (secondary N) is 1. The molecule has 1 aliphatic heterocycles. The van der Waals surface area contributed by atoms with Crippen molar-refractivity contribution in [3.63, 3.8) is 0 Å². The first-order chi connectivity index (χ1) is 12.7. The number of hydrogen-bond donors (Lipinski definition) is 1. The van der Waals surface area contributed by atoms with Crippen molar-refractivity contribution in [1.82, 2.24) is 29.9 Å². The quantitative estimate of drug-likeness (QED) is 0.406. The fraction of sp³-hybridized carbons (Fsp3) is 0.444. The lowest BCUT2D eigenvalue weighted by atomic mass is 10.3. The minimum atomic E-state index is 0. The molecule has 2 heterocycles.